The minimum absolute atomic E-state index is 0.315. The largest absolute Gasteiger partial charge is 0.481 e. The van der Waals surface area contributed by atoms with E-state index in [1.807, 2.05) is 32.9 Å². The van der Waals surface area contributed by atoms with Crippen LogP contribution in [0.5, 0.6) is 5.75 Å². The van der Waals surface area contributed by atoms with E-state index in [0.717, 1.165) is 5.69 Å². The van der Waals surface area contributed by atoms with Gasteiger partial charge in [-0.2, -0.15) is 0 Å². The summed E-state index contributed by atoms with van der Waals surface area (Å²) in [5.41, 5.74) is 0.451. The first-order valence-corrected chi connectivity index (χ1v) is 6.61. The molecule has 2 atom stereocenters. The van der Waals surface area contributed by atoms with Gasteiger partial charge in [0.05, 0.1) is 5.69 Å². The maximum absolute atomic E-state index is 12.9. The Morgan fingerprint density at radius 2 is 1.80 bits per heavy atom. The summed E-state index contributed by atoms with van der Waals surface area (Å²) in [6, 6.07) is 9.51. The van der Waals surface area contributed by atoms with Crippen molar-refractivity contribution in [2.45, 2.75) is 33.0 Å². The smallest absolute Gasteiger partial charge is 0.165 e. The van der Waals surface area contributed by atoms with Gasteiger partial charge in [0, 0.05) is 6.20 Å². The Hall–Kier alpha value is -1.81. The Labute approximate surface area is 118 Å². The van der Waals surface area contributed by atoms with Crippen LogP contribution in [0.15, 0.2) is 42.6 Å². The summed E-state index contributed by atoms with van der Waals surface area (Å²) in [6.45, 7) is 5.84. The molecule has 2 unspecified atom stereocenters. The average molecular weight is 277 g/mol. The van der Waals surface area contributed by atoms with Crippen molar-refractivity contribution in [1.82, 2.24) is 4.98 Å². The maximum Gasteiger partial charge on any atom is 0.165 e. The predicted octanol–water partition coefficient (Wildman–Crippen LogP) is 3.68. The zero-order valence-corrected chi connectivity index (χ0v) is 11.9. The fourth-order valence-corrected chi connectivity index (χ4v) is 1.93. The summed E-state index contributed by atoms with van der Waals surface area (Å²) < 4.78 is 18.8. The van der Waals surface area contributed by atoms with E-state index in [1.165, 1.54) is 12.1 Å². The number of aliphatic hydroxyl groups is 1. The zero-order valence-electron chi connectivity index (χ0n) is 11.9. The average Bonchev–Trinajstić information content (AvgIpc) is 2.90. The van der Waals surface area contributed by atoms with Crippen molar-refractivity contribution in [2.24, 2.45) is 5.41 Å². The van der Waals surface area contributed by atoms with Gasteiger partial charge < -0.3 is 14.8 Å². The fraction of sp³-hybridized carbons (Fsp3) is 0.375. The lowest BCUT2D eigenvalue weighted by Crippen LogP contribution is -2.35. The second-order valence-corrected chi connectivity index (χ2v) is 5.93. The van der Waals surface area contributed by atoms with Crippen molar-refractivity contribution < 1.29 is 14.2 Å². The van der Waals surface area contributed by atoms with Crippen LogP contribution in [-0.2, 0) is 0 Å². The number of benzene rings is 1. The van der Waals surface area contributed by atoms with E-state index < -0.39 is 12.2 Å². The molecule has 0 spiro atoms. The molecule has 0 amide bonds. The van der Waals surface area contributed by atoms with E-state index in [-0.39, 0.29) is 11.2 Å². The summed E-state index contributed by atoms with van der Waals surface area (Å²) >= 11 is 0. The van der Waals surface area contributed by atoms with E-state index >= 15 is 0 Å². The highest BCUT2D eigenvalue weighted by Crippen LogP contribution is 2.33. The molecule has 0 aliphatic rings. The lowest BCUT2D eigenvalue weighted by molar-refractivity contribution is -0.0348. The summed E-state index contributed by atoms with van der Waals surface area (Å²) in [5, 5.41) is 10.5. The summed E-state index contributed by atoms with van der Waals surface area (Å²) in [5.74, 6) is 0.208. The molecule has 0 fully saturated rings. The molecule has 20 heavy (non-hydrogen) atoms. The number of aliphatic hydroxyl groups excluding tert-OH is 1. The first-order chi connectivity index (χ1) is 9.38. The molecule has 0 radical (unpaired) electrons. The van der Waals surface area contributed by atoms with Crippen molar-refractivity contribution in [3.8, 4) is 5.75 Å². The first-order valence-electron chi connectivity index (χ1n) is 6.61. The topological polar surface area (TPSA) is 45.2 Å². The van der Waals surface area contributed by atoms with Gasteiger partial charge in [-0.3, -0.25) is 0 Å². The van der Waals surface area contributed by atoms with Gasteiger partial charge in [-0.15, -0.1) is 0 Å². The van der Waals surface area contributed by atoms with E-state index in [1.54, 1.807) is 18.3 Å². The number of aromatic nitrogens is 1. The van der Waals surface area contributed by atoms with Gasteiger partial charge >= 0.3 is 0 Å². The number of halogens is 1. The standard InChI is InChI=1S/C16H20FNO2/c1-16(2,3)15(19)14(13-5-4-10-18-13)20-12-8-6-11(17)7-9-12/h4-10,14-15,18-19H,1-3H3. The number of H-pyrrole nitrogens is 1. The SMILES string of the molecule is CC(C)(C)C(O)C(Oc1ccc(F)cc1)c1ccc[nH]1. The normalized spacial score (nSPS) is 14.8. The van der Waals surface area contributed by atoms with Gasteiger partial charge in [0.2, 0.25) is 0 Å². The molecule has 0 saturated heterocycles. The van der Waals surface area contributed by atoms with Crippen molar-refractivity contribution in [3.05, 3.63) is 54.1 Å². The van der Waals surface area contributed by atoms with Crippen LogP contribution in [0.1, 0.15) is 32.6 Å². The van der Waals surface area contributed by atoms with Gasteiger partial charge in [-0.1, -0.05) is 20.8 Å². The monoisotopic (exact) mass is 277 g/mol. The van der Waals surface area contributed by atoms with Crippen LogP contribution < -0.4 is 4.74 Å². The van der Waals surface area contributed by atoms with Crippen LogP contribution in [0.2, 0.25) is 0 Å². The third-order valence-corrected chi connectivity index (χ3v) is 3.18. The van der Waals surface area contributed by atoms with E-state index in [9.17, 15) is 9.50 Å². The molecule has 0 bridgehead atoms. The van der Waals surface area contributed by atoms with Crippen molar-refractivity contribution >= 4 is 0 Å². The molecule has 1 heterocycles. The summed E-state index contributed by atoms with van der Waals surface area (Å²) in [4.78, 5) is 3.06. The molecule has 0 aliphatic heterocycles. The number of hydrogen-bond donors (Lipinski definition) is 2. The van der Waals surface area contributed by atoms with Crippen LogP contribution >= 0.6 is 0 Å². The van der Waals surface area contributed by atoms with E-state index in [2.05, 4.69) is 4.98 Å². The van der Waals surface area contributed by atoms with Gasteiger partial charge in [-0.05, 0) is 41.8 Å². The molecule has 0 aliphatic carbocycles. The molecule has 2 rings (SSSR count). The molecule has 3 nitrogen and oxygen atoms in total. The molecule has 1 aromatic heterocycles. The molecule has 1 aromatic carbocycles. The van der Waals surface area contributed by atoms with Crippen LogP contribution in [-0.4, -0.2) is 16.2 Å². The van der Waals surface area contributed by atoms with Crippen LogP contribution in [0, 0.1) is 11.2 Å². The maximum atomic E-state index is 12.9. The minimum atomic E-state index is -0.703. The number of nitrogens with one attached hydrogen (secondary N) is 1. The molecule has 2 N–H and O–H groups in total. The van der Waals surface area contributed by atoms with Gasteiger partial charge in [0.1, 0.15) is 17.7 Å². The first kappa shape index (κ1) is 14.6. The summed E-state index contributed by atoms with van der Waals surface area (Å²) in [7, 11) is 0. The Bertz CT molecular complexity index is 529. The Balaban J connectivity index is 2.26. The number of hydrogen-bond acceptors (Lipinski definition) is 2. The van der Waals surface area contributed by atoms with Gasteiger partial charge in [0.25, 0.3) is 0 Å². The quantitative estimate of drug-likeness (QED) is 0.895. The van der Waals surface area contributed by atoms with Crippen molar-refractivity contribution in [2.75, 3.05) is 0 Å². The molecular weight excluding hydrogens is 257 g/mol. The minimum Gasteiger partial charge on any atom is -0.481 e. The number of ether oxygens (including phenoxy) is 1. The lowest BCUT2D eigenvalue weighted by Gasteiger charge is -2.32. The molecule has 0 saturated carbocycles. The summed E-state index contributed by atoms with van der Waals surface area (Å²) in [6.07, 6.45) is 0.549. The zero-order chi connectivity index (χ0) is 14.8. The second kappa shape index (κ2) is 5.67. The highest BCUT2D eigenvalue weighted by Gasteiger charge is 2.33. The molecule has 2 aromatic rings. The Morgan fingerprint density at radius 1 is 1.15 bits per heavy atom. The third kappa shape index (κ3) is 3.39. The number of aromatic amines is 1. The van der Waals surface area contributed by atoms with Gasteiger partial charge in [0.15, 0.2) is 6.10 Å². The van der Waals surface area contributed by atoms with Crippen LogP contribution in [0.25, 0.3) is 0 Å². The van der Waals surface area contributed by atoms with Gasteiger partial charge in [-0.25, -0.2) is 4.39 Å². The molecule has 108 valence electrons. The predicted molar refractivity (Wildman–Crippen MR) is 76.0 cm³/mol. The van der Waals surface area contributed by atoms with Crippen LogP contribution in [0.3, 0.4) is 0 Å². The van der Waals surface area contributed by atoms with Crippen molar-refractivity contribution in [1.29, 1.82) is 0 Å². The molecular formula is C16H20FNO2. The van der Waals surface area contributed by atoms with E-state index in [0.29, 0.717) is 5.75 Å². The second-order valence-electron chi connectivity index (χ2n) is 5.93. The Morgan fingerprint density at radius 3 is 2.30 bits per heavy atom. The highest BCUT2D eigenvalue weighted by molar-refractivity contribution is 5.24. The lowest BCUT2D eigenvalue weighted by atomic mass is 9.85. The van der Waals surface area contributed by atoms with Crippen LogP contribution in [0.4, 0.5) is 4.39 Å². The molecule has 4 heteroatoms. The Kier molecular flexibility index (Phi) is 4.14. The van der Waals surface area contributed by atoms with E-state index in [4.69, 9.17) is 4.74 Å². The van der Waals surface area contributed by atoms with Crippen molar-refractivity contribution in [3.63, 3.8) is 0 Å². The highest BCUT2D eigenvalue weighted by atomic mass is 19.1. The fourth-order valence-electron chi connectivity index (χ4n) is 1.93. The number of rotatable bonds is 4. The third-order valence-electron chi connectivity index (χ3n) is 3.18.